The number of hydrogen-bond donors (Lipinski definition) is 0. The molecule has 0 aromatic heterocycles. The first-order valence-electron chi connectivity index (χ1n) is 20.4. The third-order valence-electron chi connectivity index (χ3n) is 9.71. The monoisotopic (exact) mass is 1110 g/mol. The van der Waals surface area contributed by atoms with Crippen molar-refractivity contribution in [3.05, 3.63) is 285 Å². The van der Waals surface area contributed by atoms with E-state index < -0.39 is 23.9 Å². The third-order valence-corrected chi connectivity index (χ3v) is 9.71. The molecule has 0 bridgehead atoms. The molecule has 0 fully saturated rings. The summed E-state index contributed by atoms with van der Waals surface area (Å²) in [4.78, 5) is 91.9. The molecule has 69 heavy (non-hydrogen) atoms. The van der Waals surface area contributed by atoms with Crippen molar-refractivity contribution in [3.63, 3.8) is 0 Å². The summed E-state index contributed by atoms with van der Waals surface area (Å²) in [5, 5.41) is 43.6. The Morgan fingerprint density at radius 1 is 0.203 bits per heavy atom. The summed E-state index contributed by atoms with van der Waals surface area (Å²) in [6.07, 6.45) is 0. The number of hydrogen-bond acceptors (Lipinski definition) is 12. The molecule has 336 valence electrons. The second-order valence-corrected chi connectivity index (χ2v) is 14.1. The molecule has 0 aliphatic rings. The Hall–Kier alpha value is -8.76. The number of rotatable bonds is 12. The summed E-state index contributed by atoms with van der Waals surface area (Å²) in [5.41, 5.74) is 2.12. The number of aromatic carboxylic acids is 4. The second kappa shape index (κ2) is 26.4. The number of carbonyl (C=O) groups excluding carboxylic acids is 8. The summed E-state index contributed by atoms with van der Waals surface area (Å²) in [7, 11) is 0. The van der Waals surface area contributed by atoms with Crippen LogP contribution in [0.15, 0.2) is 218 Å². The summed E-state index contributed by atoms with van der Waals surface area (Å²) in [6, 6.07) is 58.4. The van der Waals surface area contributed by atoms with Gasteiger partial charge >= 0.3 is 27.3 Å². The van der Waals surface area contributed by atoms with Crippen molar-refractivity contribution in [2.45, 2.75) is 0 Å². The van der Waals surface area contributed by atoms with E-state index in [1.165, 1.54) is 48.5 Å². The molecule has 8 aromatic carbocycles. The van der Waals surface area contributed by atoms with Gasteiger partial charge in [-0.25, -0.2) is 0 Å². The number of benzene rings is 8. The van der Waals surface area contributed by atoms with Crippen LogP contribution in [0, 0.1) is 0 Å². The minimum atomic E-state index is -1.34. The van der Waals surface area contributed by atoms with Gasteiger partial charge in [0, 0.05) is 66.8 Å². The van der Waals surface area contributed by atoms with E-state index in [2.05, 4.69) is 0 Å². The predicted molar refractivity (Wildman–Crippen MR) is 248 cm³/mol. The molecular weight excluding hydrogens is 1070 g/mol. The Morgan fingerprint density at radius 3 is 0.478 bits per heavy atom. The molecule has 0 amide bonds. The molecule has 0 radical (unpaired) electrons. The molecule has 12 nitrogen and oxygen atoms in total. The number of ketones is 4. The van der Waals surface area contributed by atoms with E-state index in [1.807, 2.05) is 0 Å². The second-order valence-electron chi connectivity index (χ2n) is 14.1. The van der Waals surface area contributed by atoms with Crippen molar-refractivity contribution < 1.29 is 58.8 Å². The predicted octanol–water partition coefficient (Wildman–Crippen LogP) is 4.74. The topological polar surface area (TPSA) is 229 Å². The average molecular weight is 1110 g/mol. The van der Waals surface area contributed by atoms with E-state index in [0.29, 0.717) is 22.3 Å². The molecule has 0 atom stereocenters. The first-order chi connectivity index (χ1) is 32.8. The van der Waals surface area contributed by atoms with Crippen LogP contribution in [-0.2, 0) is 0 Å². The van der Waals surface area contributed by atoms with Crippen molar-refractivity contribution in [2.24, 2.45) is 0 Å². The van der Waals surface area contributed by atoms with Gasteiger partial charge in [0.1, 0.15) is 0 Å². The number of carbonyl (C=O) groups is 8. The zero-order valence-corrected chi connectivity index (χ0v) is 40.1. The maximum absolute atomic E-state index is 12.1. The largest absolute Gasteiger partial charge is 4.00 e. The van der Waals surface area contributed by atoms with E-state index in [0.717, 1.165) is 0 Å². The zero-order valence-electron chi connectivity index (χ0n) is 36.2. The van der Waals surface area contributed by atoms with E-state index in [9.17, 15) is 58.8 Å². The van der Waals surface area contributed by atoms with Gasteiger partial charge in [0.05, 0.1) is 23.9 Å². The van der Waals surface area contributed by atoms with Gasteiger partial charge in [0.15, 0.2) is 23.1 Å². The first-order valence-corrected chi connectivity index (χ1v) is 20.4. The Labute approximate surface area is 416 Å². The molecule has 0 heterocycles. The molecule has 0 unspecified atom stereocenters. The van der Waals surface area contributed by atoms with Gasteiger partial charge in [-0.2, -0.15) is 0 Å². The van der Waals surface area contributed by atoms with Gasteiger partial charge in [0.25, 0.3) is 0 Å². The smallest absolute Gasteiger partial charge is 0.545 e. The minimum absolute atomic E-state index is 0. The van der Waals surface area contributed by atoms with Crippen LogP contribution < -0.4 is 20.4 Å². The van der Waals surface area contributed by atoms with E-state index >= 15 is 0 Å². The maximum Gasteiger partial charge on any atom is 4.00 e. The van der Waals surface area contributed by atoms with Crippen LogP contribution in [0.5, 0.6) is 0 Å². The van der Waals surface area contributed by atoms with Crippen LogP contribution in [0.4, 0.5) is 0 Å². The van der Waals surface area contributed by atoms with Crippen molar-refractivity contribution in [3.8, 4) is 0 Å². The molecule has 0 spiro atoms. The van der Waals surface area contributed by atoms with Crippen LogP contribution in [0.2, 0.25) is 0 Å². The standard InChI is InChI=1S/4C14H10O3.Pb/c4*15-13(10-6-2-1-3-7-10)11-8-4-5-9-12(11)14(16)17;/h4*1-9H,(H,16,17);/q;;;;+4/p-4. The van der Waals surface area contributed by atoms with Crippen LogP contribution >= 0.6 is 0 Å². The summed E-state index contributed by atoms with van der Waals surface area (Å²) in [5.74, 6) is -6.63. The quantitative estimate of drug-likeness (QED) is 0.119. The SMILES string of the molecule is O=C([O-])c1ccccc1C(=O)c1ccccc1.O=C([O-])c1ccccc1C(=O)c1ccccc1.O=C([O-])c1ccccc1C(=O)c1ccccc1.O=C([O-])c1ccccc1C(=O)c1ccccc1.[Pb+4]. The Balaban J connectivity index is 0.000000199. The van der Waals surface area contributed by atoms with Crippen LogP contribution in [0.3, 0.4) is 0 Å². The van der Waals surface area contributed by atoms with Crippen molar-refractivity contribution in [1.82, 2.24) is 0 Å². The molecule has 0 aliphatic heterocycles. The van der Waals surface area contributed by atoms with Gasteiger partial charge < -0.3 is 39.6 Å². The fourth-order valence-electron chi connectivity index (χ4n) is 6.42. The zero-order chi connectivity index (χ0) is 49.0. The third kappa shape index (κ3) is 14.6. The average Bonchev–Trinajstić information content (AvgIpc) is 3.39. The van der Waals surface area contributed by atoms with Crippen LogP contribution in [0.1, 0.15) is 105 Å². The fraction of sp³-hybridized carbons (Fsp3) is 0. The minimum Gasteiger partial charge on any atom is -0.545 e. The Morgan fingerprint density at radius 2 is 0.333 bits per heavy atom. The van der Waals surface area contributed by atoms with E-state index in [-0.39, 0.29) is 94.9 Å². The van der Waals surface area contributed by atoms with E-state index in [1.54, 1.807) is 170 Å². The molecule has 0 saturated carbocycles. The molecular formula is C56H36O12Pb. The molecule has 8 aromatic rings. The molecule has 8 rings (SSSR count). The maximum atomic E-state index is 12.1. The van der Waals surface area contributed by atoms with Gasteiger partial charge in [0.2, 0.25) is 0 Å². The normalized spacial score (nSPS) is 9.74. The molecule has 0 aliphatic carbocycles. The Bertz CT molecular complexity index is 2660. The van der Waals surface area contributed by atoms with Crippen LogP contribution in [0.25, 0.3) is 0 Å². The summed E-state index contributed by atoms with van der Waals surface area (Å²) < 4.78 is 0. The number of carboxylic acids is 4. The Kier molecular flexibility index (Phi) is 20.2. The van der Waals surface area contributed by atoms with Crippen molar-refractivity contribution in [2.75, 3.05) is 0 Å². The number of carboxylic acid groups (broad SMARTS) is 4. The molecule has 13 heteroatoms. The fourth-order valence-corrected chi connectivity index (χ4v) is 6.42. The van der Waals surface area contributed by atoms with Crippen molar-refractivity contribution >= 4 is 74.3 Å². The van der Waals surface area contributed by atoms with Gasteiger partial charge in [-0.3, -0.25) is 19.2 Å². The first kappa shape index (κ1) is 52.9. The summed E-state index contributed by atoms with van der Waals surface area (Å²) >= 11 is 0. The summed E-state index contributed by atoms with van der Waals surface area (Å²) in [6.45, 7) is 0. The molecule has 0 N–H and O–H groups in total. The van der Waals surface area contributed by atoms with E-state index in [4.69, 9.17) is 0 Å². The van der Waals surface area contributed by atoms with Crippen molar-refractivity contribution in [1.29, 1.82) is 0 Å². The van der Waals surface area contributed by atoms with Gasteiger partial charge in [-0.15, -0.1) is 0 Å². The van der Waals surface area contributed by atoms with Gasteiger partial charge in [-0.1, -0.05) is 218 Å². The molecule has 0 saturated heterocycles. The van der Waals surface area contributed by atoms with Gasteiger partial charge in [-0.05, 0) is 0 Å². The van der Waals surface area contributed by atoms with Crippen LogP contribution in [-0.4, -0.2) is 74.3 Å².